The van der Waals surface area contributed by atoms with Gasteiger partial charge in [-0.15, -0.1) is 0 Å². The van der Waals surface area contributed by atoms with E-state index in [9.17, 15) is 13.6 Å². The first-order chi connectivity index (χ1) is 13.0. The van der Waals surface area contributed by atoms with Gasteiger partial charge in [-0.05, 0) is 30.4 Å². The summed E-state index contributed by atoms with van der Waals surface area (Å²) in [7, 11) is 0. The van der Waals surface area contributed by atoms with Gasteiger partial charge in [0, 0.05) is 30.2 Å². The van der Waals surface area contributed by atoms with Gasteiger partial charge in [0.25, 0.3) is 5.91 Å². The van der Waals surface area contributed by atoms with Gasteiger partial charge in [0.1, 0.15) is 5.82 Å². The quantitative estimate of drug-likeness (QED) is 0.663. The smallest absolute Gasteiger partial charge is 0.282 e. The molecule has 0 aliphatic carbocycles. The molecule has 7 heteroatoms. The maximum atomic E-state index is 13.8. The third kappa shape index (κ3) is 3.12. The van der Waals surface area contributed by atoms with Crippen LogP contribution >= 0.6 is 0 Å². The van der Waals surface area contributed by atoms with Crippen molar-refractivity contribution in [2.75, 3.05) is 13.1 Å². The van der Waals surface area contributed by atoms with Gasteiger partial charge in [0.15, 0.2) is 11.5 Å². The van der Waals surface area contributed by atoms with Crippen LogP contribution in [0.1, 0.15) is 17.3 Å². The lowest BCUT2D eigenvalue weighted by molar-refractivity contribution is -0.134. The highest BCUT2D eigenvalue weighted by Gasteiger charge is 2.35. The number of pyridine rings is 1. The second kappa shape index (κ2) is 6.75. The number of benzene rings is 1. The molecule has 0 atom stereocenters. The second-order valence-electron chi connectivity index (χ2n) is 6.33. The summed E-state index contributed by atoms with van der Waals surface area (Å²) >= 11 is 0. The Morgan fingerprint density at radius 1 is 1.19 bits per heavy atom. The van der Waals surface area contributed by atoms with Crippen LogP contribution in [0.5, 0.6) is 0 Å². The summed E-state index contributed by atoms with van der Waals surface area (Å²) < 4.78 is 28.5. The Kier molecular flexibility index (Phi) is 4.27. The van der Waals surface area contributed by atoms with E-state index < -0.39 is 11.7 Å². The van der Waals surface area contributed by atoms with E-state index in [2.05, 4.69) is 16.7 Å². The van der Waals surface area contributed by atoms with Crippen molar-refractivity contribution in [2.24, 2.45) is 0 Å². The Morgan fingerprint density at radius 3 is 2.70 bits per heavy atom. The molecule has 0 spiro atoms. The Balaban J connectivity index is 1.64. The van der Waals surface area contributed by atoms with Gasteiger partial charge in [-0.25, -0.2) is 18.4 Å². The molecule has 1 aliphatic heterocycles. The first-order valence-electron chi connectivity index (χ1n) is 8.44. The lowest BCUT2D eigenvalue weighted by Gasteiger charge is -2.38. The number of amides is 1. The number of aromatic nitrogens is 3. The number of hydrogen-bond acceptors (Lipinski definition) is 3. The van der Waals surface area contributed by atoms with Crippen LogP contribution < -0.4 is 0 Å². The lowest BCUT2D eigenvalue weighted by Crippen LogP contribution is -2.51. The Labute approximate surface area is 154 Å². The molecule has 0 N–H and O–H groups in total. The SMILES string of the molecule is C=C(F)C(=O)N1CC(n2nc(C=Cc3ccccc3F)c3cccnc32)C1. The van der Waals surface area contributed by atoms with Crippen molar-refractivity contribution in [2.45, 2.75) is 6.04 Å². The summed E-state index contributed by atoms with van der Waals surface area (Å²) in [6.45, 7) is 3.72. The van der Waals surface area contributed by atoms with Gasteiger partial charge in [-0.1, -0.05) is 24.8 Å². The maximum Gasteiger partial charge on any atom is 0.282 e. The molecule has 4 rings (SSSR count). The number of hydrogen-bond donors (Lipinski definition) is 0. The van der Waals surface area contributed by atoms with E-state index in [-0.39, 0.29) is 11.9 Å². The Morgan fingerprint density at radius 2 is 1.96 bits per heavy atom. The van der Waals surface area contributed by atoms with E-state index in [0.29, 0.717) is 30.0 Å². The third-order valence-electron chi connectivity index (χ3n) is 4.55. The van der Waals surface area contributed by atoms with E-state index in [4.69, 9.17) is 0 Å². The van der Waals surface area contributed by atoms with Crippen molar-refractivity contribution in [1.82, 2.24) is 19.7 Å². The summed E-state index contributed by atoms with van der Waals surface area (Å²) in [6, 6.07) is 10.1. The van der Waals surface area contributed by atoms with Crippen molar-refractivity contribution in [3.63, 3.8) is 0 Å². The van der Waals surface area contributed by atoms with Gasteiger partial charge in [-0.2, -0.15) is 5.10 Å². The molecule has 0 saturated carbocycles. The van der Waals surface area contributed by atoms with Gasteiger partial charge in [0.2, 0.25) is 0 Å². The average Bonchev–Trinajstić information content (AvgIpc) is 2.98. The fourth-order valence-corrected chi connectivity index (χ4v) is 3.10. The standard InChI is InChI=1S/C20H16F2N4O/c1-13(21)20(27)25-11-15(12-25)26-19-16(6-4-10-23-19)18(24-26)9-8-14-5-2-3-7-17(14)22/h2-10,15H,1,11-12H2. The van der Waals surface area contributed by atoms with Crippen molar-refractivity contribution in [1.29, 1.82) is 0 Å². The van der Waals surface area contributed by atoms with Crippen LogP contribution in [0.25, 0.3) is 23.2 Å². The summed E-state index contributed by atoms with van der Waals surface area (Å²) in [6.07, 6.45) is 5.07. The number of fused-ring (bicyclic) bond motifs is 1. The first-order valence-corrected chi connectivity index (χ1v) is 8.44. The summed E-state index contributed by atoms with van der Waals surface area (Å²) in [5.74, 6) is -1.98. The predicted molar refractivity (Wildman–Crippen MR) is 98.7 cm³/mol. The molecule has 27 heavy (non-hydrogen) atoms. The van der Waals surface area contributed by atoms with Gasteiger partial charge in [-0.3, -0.25) is 4.79 Å². The van der Waals surface area contributed by atoms with Crippen LogP contribution in [0.3, 0.4) is 0 Å². The topological polar surface area (TPSA) is 51.0 Å². The Hall–Kier alpha value is -3.35. The molecule has 1 aliphatic rings. The van der Waals surface area contributed by atoms with E-state index in [1.165, 1.54) is 11.0 Å². The molecule has 2 aromatic heterocycles. The number of likely N-dealkylation sites (tertiary alicyclic amines) is 1. The zero-order valence-electron chi connectivity index (χ0n) is 14.3. The van der Waals surface area contributed by atoms with E-state index in [1.807, 2.05) is 6.07 Å². The van der Waals surface area contributed by atoms with Crippen LogP contribution in [0, 0.1) is 5.82 Å². The van der Waals surface area contributed by atoms with Crippen LogP contribution in [-0.2, 0) is 4.79 Å². The second-order valence-corrected chi connectivity index (χ2v) is 6.33. The molecular formula is C20H16F2N4O. The van der Waals surface area contributed by atoms with Crippen LogP contribution in [-0.4, -0.2) is 38.7 Å². The minimum absolute atomic E-state index is 0.0960. The number of carbonyl (C=O) groups is 1. The summed E-state index contributed by atoms with van der Waals surface area (Å²) in [4.78, 5) is 17.4. The molecule has 5 nitrogen and oxygen atoms in total. The average molecular weight is 366 g/mol. The minimum Gasteiger partial charge on any atom is -0.332 e. The fraction of sp³-hybridized carbons (Fsp3) is 0.150. The summed E-state index contributed by atoms with van der Waals surface area (Å²) in [5.41, 5.74) is 1.79. The molecule has 3 aromatic rings. The first kappa shape index (κ1) is 17.1. The molecule has 1 fully saturated rings. The fourth-order valence-electron chi connectivity index (χ4n) is 3.10. The number of rotatable bonds is 4. The largest absolute Gasteiger partial charge is 0.332 e. The molecule has 136 valence electrons. The zero-order chi connectivity index (χ0) is 19.0. The monoisotopic (exact) mass is 366 g/mol. The molecule has 1 amide bonds. The van der Waals surface area contributed by atoms with Crippen molar-refractivity contribution in [3.05, 3.63) is 72.1 Å². The number of nitrogens with zero attached hydrogens (tertiary/aromatic N) is 4. The molecule has 1 aromatic carbocycles. The normalized spacial score (nSPS) is 14.7. The molecule has 3 heterocycles. The van der Waals surface area contributed by atoms with Gasteiger partial charge < -0.3 is 4.90 Å². The highest BCUT2D eigenvalue weighted by Crippen LogP contribution is 2.28. The zero-order valence-corrected chi connectivity index (χ0v) is 14.3. The molecular weight excluding hydrogens is 350 g/mol. The molecule has 0 bridgehead atoms. The summed E-state index contributed by atoms with van der Waals surface area (Å²) in [5, 5.41) is 5.41. The molecule has 1 saturated heterocycles. The van der Waals surface area contributed by atoms with Crippen LogP contribution in [0.15, 0.2) is 55.0 Å². The Bertz CT molecular complexity index is 1070. The van der Waals surface area contributed by atoms with E-state index in [0.717, 1.165) is 5.39 Å². The molecule has 0 unspecified atom stereocenters. The minimum atomic E-state index is -0.967. The van der Waals surface area contributed by atoms with Gasteiger partial charge >= 0.3 is 0 Å². The highest BCUT2D eigenvalue weighted by atomic mass is 19.1. The van der Waals surface area contributed by atoms with E-state index >= 15 is 0 Å². The number of carbonyl (C=O) groups excluding carboxylic acids is 1. The van der Waals surface area contributed by atoms with Crippen molar-refractivity contribution < 1.29 is 13.6 Å². The molecule has 0 radical (unpaired) electrons. The third-order valence-corrected chi connectivity index (χ3v) is 4.55. The lowest BCUT2D eigenvalue weighted by atomic mass is 10.1. The number of halogens is 2. The highest BCUT2D eigenvalue weighted by molar-refractivity contribution is 5.91. The van der Waals surface area contributed by atoms with Crippen molar-refractivity contribution in [3.8, 4) is 0 Å². The van der Waals surface area contributed by atoms with Crippen LogP contribution in [0.2, 0.25) is 0 Å². The van der Waals surface area contributed by atoms with Crippen molar-refractivity contribution >= 4 is 29.1 Å². The van der Waals surface area contributed by atoms with Gasteiger partial charge in [0.05, 0.1) is 11.7 Å². The predicted octanol–water partition coefficient (Wildman–Crippen LogP) is 3.61. The van der Waals surface area contributed by atoms with Crippen LogP contribution in [0.4, 0.5) is 8.78 Å². The van der Waals surface area contributed by atoms with E-state index in [1.54, 1.807) is 47.3 Å². The maximum absolute atomic E-state index is 13.8.